The Kier molecular flexibility index (Phi) is 4.36. The summed E-state index contributed by atoms with van der Waals surface area (Å²) in [6, 6.07) is 3.71. The molecule has 2 atom stereocenters. The lowest BCUT2D eigenvalue weighted by Crippen LogP contribution is -2.21. The topological polar surface area (TPSA) is 80.7 Å². The second kappa shape index (κ2) is 5.71. The van der Waals surface area contributed by atoms with Gasteiger partial charge in [0.15, 0.2) is 9.84 Å². The summed E-state index contributed by atoms with van der Waals surface area (Å²) in [5.41, 5.74) is -0.214. The molecule has 1 saturated heterocycles. The van der Waals surface area contributed by atoms with Crippen molar-refractivity contribution in [2.45, 2.75) is 36.9 Å². The largest absolute Gasteiger partial charge is 0.478 e. The fourth-order valence-electron chi connectivity index (χ4n) is 2.21. The van der Waals surface area contributed by atoms with E-state index >= 15 is 0 Å². The second-order valence-corrected chi connectivity index (χ2v) is 7.32. The van der Waals surface area contributed by atoms with E-state index in [1.165, 1.54) is 12.1 Å². The van der Waals surface area contributed by atoms with Crippen molar-refractivity contribution in [1.82, 2.24) is 0 Å². The molecule has 1 aliphatic heterocycles. The third-order valence-electron chi connectivity index (χ3n) is 3.25. The van der Waals surface area contributed by atoms with Gasteiger partial charge >= 0.3 is 5.97 Å². The molecule has 5 nitrogen and oxygen atoms in total. The molecule has 110 valence electrons. The van der Waals surface area contributed by atoms with Crippen molar-refractivity contribution in [3.05, 3.63) is 28.8 Å². The van der Waals surface area contributed by atoms with Gasteiger partial charge in [-0.3, -0.25) is 0 Å². The number of ether oxygens (including phenoxy) is 1. The molecule has 0 amide bonds. The fourth-order valence-corrected chi connectivity index (χ4v) is 3.91. The number of halogens is 1. The Morgan fingerprint density at radius 1 is 1.45 bits per heavy atom. The summed E-state index contributed by atoms with van der Waals surface area (Å²) < 4.78 is 30.0. The van der Waals surface area contributed by atoms with Crippen LogP contribution in [0.25, 0.3) is 0 Å². The van der Waals surface area contributed by atoms with E-state index in [-0.39, 0.29) is 33.4 Å². The van der Waals surface area contributed by atoms with Crippen LogP contribution in [0.5, 0.6) is 0 Å². The first-order chi connectivity index (χ1) is 9.29. The van der Waals surface area contributed by atoms with Gasteiger partial charge in [-0.15, -0.1) is 0 Å². The van der Waals surface area contributed by atoms with E-state index in [9.17, 15) is 13.2 Å². The highest BCUT2D eigenvalue weighted by Crippen LogP contribution is 2.25. The van der Waals surface area contributed by atoms with Gasteiger partial charge < -0.3 is 9.84 Å². The molecule has 1 heterocycles. The highest BCUT2D eigenvalue weighted by atomic mass is 35.5. The zero-order valence-corrected chi connectivity index (χ0v) is 12.4. The fraction of sp³-hybridized carbons (Fsp3) is 0.462. The van der Waals surface area contributed by atoms with Gasteiger partial charge in [0.1, 0.15) is 0 Å². The molecular formula is C13H15ClO5S. The maximum atomic E-state index is 12.3. The van der Waals surface area contributed by atoms with E-state index in [1.807, 2.05) is 6.92 Å². The Labute approximate surface area is 122 Å². The van der Waals surface area contributed by atoms with Gasteiger partial charge in [-0.2, -0.15) is 0 Å². The lowest BCUT2D eigenvalue weighted by atomic mass is 10.2. The minimum Gasteiger partial charge on any atom is -0.478 e. The van der Waals surface area contributed by atoms with Crippen LogP contribution >= 0.6 is 11.6 Å². The number of carboxylic acids is 1. The van der Waals surface area contributed by atoms with Crippen LogP contribution in [0.1, 0.15) is 30.1 Å². The molecule has 1 aromatic carbocycles. The Bertz CT molecular complexity index is 626. The molecule has 2 rings (SSSR count). The van der Waals surface area contributed by atoms with Crippen molar-refractivity contribution in [2.75, 3.05) is 5.75 Å². The minimum absolute atomic E-state index is 0.0159. The van der Waals surface area contributed by atoms with Crippen LogP contribution in [-0.4, -0.2) is 37.5 Å². The van der Waals surface area contributed by atoms with Crippen LogP contribution in [0.4, 0.5) is 0 Å². The first-order valence-corrected chi connectivity index (χ1v) is 8.23. The van der Waals surface area contributed by atoms with Crippen molar-refractivity contribution in [3.63, 3.8) is 0 Å². The molecule has 0 spiro atoms. The monoisotopic (exact) mass is 318 g/mol. The lowest BCUT2D eigenvalue weighted by molar-refractivity contribution is 0.0688. The number of carboxylic acid groups (broad SMARTS) is 1. The number of carbonyl (C=O) groups is 1. The molecule has 1 aliphatic rings. The van der Waals surface area contributed by atoms with E-state index in [1.54, 1.807) is 0 Å². The molecule has 0 radical (unpaired) electrons. The maximum absolute atomic E-state index is 12.3. The maximum Gasteiger partial charge on any atom is 0.337 e. The molecular weight excluding hydrogens is 304 g/mol. The van der Waals surface area contributed by atoms with E-state index in [0.717, 1.165) is 12.5 Å². The van der Waals surface area contributed by atoms with Gasteiger partial charge in [-0.05, 0) is 38.0 Å². The Hall–Kier alpha value is -1.11. The Morgan fingerprint density at radius 3 is 2.70 bits per heavy atom. The highest BCUT2D eigenvalue weighted by molar-refractivity contribution is 7.91. The van der Waals surface area contributed by atoms with Crippen LogP contribution in [-0.2, 0) is 14.6 Å². The summed E-state index contributed by atoms with van der Waals surface area (Å²) in [7, 11) is -3.59. The predicted octanol–water partition coefficient (Wildman–Crippen LogP) is 2.38. The predicted molar refractivity (Wildman–Crippen MR) is 74.0 cm³/mol. The summed E-state index contributed by atoms with van der Waals surface area (Å²) in [4.78, 5) is 10.9. The van der Waals surface area contributed by atoms with Crippen LogP contribution in [0, 0.1) is 0 Å². The lowest BCUT2D eigenvalue weighted by Gasteiger charge is -2.12. The smallest absolute Gasteiger partial charge is 0.337 e. The van der Waals surface area contributed by atoms with Gasteiger partial charge in [0.05, 0.1) is 33.4 Å². The van der Waals surface area contributed by atoms with Gasteiger partial charge in [-0.25, -0.2) is 13.2 Å². The van der Waals surface area contributed by atoms with Crippen molar-refractivity contribution >= 4 is 27.4 Å². The third-order valence-corrected chi connectivity index (χ3v) is 5.36. The van der Waals surface area contributed by atoms with Crippen LogP contribution in [0.2, 0.25) is 5.02 Å². The number of hydrogen-bond donors (Lipinski definition) is 1. The van der Waals surface area contributed by atoms with E-state index in [0.29, 0.717) is 6.42 Å². The Balaban J connectivity index is 2.25. The van der Waals surface area contributed by atoms with Crippen molar-refractivity contribution in [3.8, 4) is 0 Å². The van der Waals surface area contributed by atoms with Crippen molar-refractivity contribution in [1.29, 1.82) is 0 Å². The van der Waals surface area contributed by atoms with Crippen molar-refractivity contribution in [2.24, 2.45) is 0 Å². The highest BCUT2D eigenvalue weighted by Gasteiger charge is 2.28. The van der Waals surface area contributed by atoms with Gasteiger partial charge in [0, 0.05) is 0 Å². The number of sulfone groups is 1. The molecule has 1 N–H and O–H groups in total. The first kappa shape index (κ1) is 15.3. The molecule has 20 heavy (non-hydrogen) atoms. The van der Waals surface area contributed by atoms with E-state index < -0.39 is 15.8 Å². The van der Waals surface area contributed by atoms with Gasteiger partial charge in [0.2, 0.25) is 0 Å². The molecule has 1 aromatic rings. The van der Waals surface area contributed by atoms with Crippen molar-refractivity contribution < 1.29 is 23.1 Å². The van der Waals surface area contributed by atoms with Crippen LogP contribution in [0.15, 0.2) is 23.1 Å². The number of hydrogen-bond acceptors (Lipinski definition) is 4. The number of aromatic carboxylic acids is 1. The molecule has 0 aliphatic carbocycles. The standard InChI is InChI=1S/C13H15ClO5S/c1-8-2-3-9(19-8)7-20(17,18)10-4-5-12(14)11(6-10)13(15)16/h4-6,8-9H,2-3,7H2,1H3,(H,15,16). The molecule has 2 unspecified atom stereocenters. The summed E-state index contributed by atoms with van der Waals surface area (Å²) in [5, 5.41) is 8.99. The average molecular weight is 319 g/mol. The molecule has 0 aromatic heterocycles. The number of benzene rings is 1. The van der Waals surface area contributed by atoms with Crippen LogP contribution in [0.3, 0.4) is 0 Å². The summed E-state index contributed by atoms with van der Waals surface area (Å²) >= 11 is 5.73. The van der Waals surface area contributed by atoms with Gasteiger partial charge in [-0.1, -0.05) is 11.6 Å². The molecule has 7 heteroatoms. The molecule has 1 fully saturated rings. The molecule has 0 bridgehead atoms. The number of rotatable bonds is 4. The first-order valence-electron chi connectivity index (χ1n) is 6.20. The third kappa shape index (κ3) is 3.31. The quantitative estimate of drug-likeness (QED) is 0.921. The summed E-state index contributed by atoms with van der Waals surface area (Å²) in [5.74, 6) is -1.39. The zero-order chi connectivity index (χ0) is 14.9. The summed E-state index contributed by atoms with van der Waals surface area (Å²) in [6.07, 6.45) is 1.26. The average Bonchev–Trinajstić information content (AvgIpc) is 2.73. The zero-order valence-electron chi connectivity index (χ0n) is 10.9. The normalized spacial score (nSPS) is 22.9. The SMILES string of the molecule is CC1CCC(CS(=O)(=O)c2ccc(Cl)c(C(=O)O)c2)O1. The summed E-state index contributed by atoms with van der Waals surface area (Å²) in [6.45, 7) is 1.90. The molecule has 0 saturated carbocycles. The Morgan fingerprint density at radius 2 is 2.15 bits per heavy atom. The van der Waals surface area contributed by atoms with Gasteiger partial charge in [0.25, 0.3) is 0 Å². The minimum atomic E-state index is -3.59. The van der Waals surface area contributed by atoms with E-state index in [4.69, 9.17) is 21.4 Å². The second-order valence-electron chi connectivity index (χ2n) is 4.87. The van der Waals surface area contributed by atoms with E-state index in [2.05, 4.69) is 0 Å². The van der Waals surface area contributed by atoms with Crippen LogP contribution < -0.4 is 0 Å².